The Morgan fingerprint density at radius 2 is 2.18 bits per heavy atom. The first kappa shape index (κ1) is 20.5. The van der Waals surface area contributed by atoms with Crippen molar-refractivity contribution in [1.82, 2.24) is 10.3 Å². The van der Waals surface area contributed by atoms with Crippen molar-refractivity contribution in [2.45, 2.75) is 20.3 Å². The molecule has 0 aromatic carbocycles. The highest BCUT2D eigenvalue weighted by molar-refractivity contribution is 5.85. The van der Waals surface area contributed by atoms with Gasteiger partial charge in [-0.15, -0.1) is 24.8 Å². The summed E-state index contributed by atoms with van der Waals surface area (Å²) in [7, 11) is 0. The van der Waals surface area contributed by atoms with E-state index in [2.05, 4.69) is 10.3 Å². The molecule has 0 bridgehead atoms. The van der Waals surface area contributed by atoms with Gasteiger partial charge in [-0.3, -0.25) is 4.79 Å². The van der Waals surface area contributed by atoms with Crippen molar-refractivity contribution in [3.05, 3.63) is 29.9 Å². The van der Waals surface area contributed by atoms with Crippen LogP contribution in [0.2, 0.25) is 0 Å². The maximum atomic E-state index is 11.8. The molecule has 8 heteroatoms. The number of aryl methyl sites for hydroxylation is 1. The Hall–Kier alpha value is -1.50. The zero-order chi connectivity index (χ0) is 14.5. The van der Waals surface area contributed by atoms with Gasteiger partial charge in [0.2, 0.25) is 5.91 Å². The molecule has 2 aromatic heterocycles. The molecule has 2 aromatic rings. The predicted molar refractivity (Wildman–Crippen MR) is 88.4 cm³/mol. The van der Waals surface area contributed by atoms with Gasteiger partial charge in [0.1, 0.15) is 5.76 Å². The lowest BCUT2D eigenvalue weighted by atomic mass is 10.2. The standard InChI is InChI=1S/C14H19N3O3.2ClH/c1-9(7-15)8-16-13(18)6-11-10(2)20-14(17-11)12-4-3-5-19-12;;/h3-5,9H,6-8,15H2,1-2H3,(H,16,18);2*1H. The van der Waals surface area contributed by atoms with Crippen LogP contribution in [0, 0.1) is 12.8 Å². The van der Waals surface area contributed by atoms with Gasteiger partial charge in [-0.25, -0.2) is 4.98 Å². The molecule has 0 radical (unpaired) electrons. The third kappa shape index (κ3) is 5.36. The summed E-state index contributed by atoms with van der Waals surface area (Å²) in [5, 5.41) is 2.83. The second-order valence-electron chi connectivity index (χ2n) is 4.82. The molecule has 124 valence electrons. The van der Waals surface area contributed by atoms with Gasteiger partial charge in [-0.2, -0.15) is 0 Å². The van der Waals surface area contributed by atoms with E-state index in [1.54, 1.807) is 25.3 Å². The first-order valence-electron chi connectivity index (χ1n) is 6.57. The van der Waals surface area contributed by atoms with Crippen molar-refractivity contribution in [2.24, 2.45) is 11.7 Å². The molecule has 1 unspecified atom stereocenters. The van der Waals surface area contributed by atoms with Crippen LogP contribution in [0.4, 0.5) is 0 Å². The van der Waals surface area contributed by atoms with E-state index in [0.29, 0.717) is 36.2 Å². The maximum absolute atomic E-state index is 11.8. The van der Waals surface area contributed by atoms with Crippen LogP contribution in [0.25, 0.3) is 11.7 Å². The molecule has 0 saturated carbocycles. The minimum absolute atomic E-state index is 0. The molecule has 0 aliphatic heterocycles. The first-order valence-corrected chi connectivity index (χ1v) is 6.57. The zero-order valence-electron chi connectivity index (χ0n) is 12.5. The number of rotatable bonds is 6. The minimum atomic E-state index is -0.0901. The van der Waals surface area contributed by atoms with Gasteiger partial charge >= 0.3 is 0 Å². The van der Waals surface area contributed by atoms with Crippen LogP contribution in [0.3, 0.4) is 0 Å². The number of furan rings is 1. The Morgan fingerprint density at radius 1 is 1.45 bits per heavy atom. The number of hydrogen-bond donors (Lipinski definition) is 2. The van der Waals surface area contributed by atoms with Crippen LogP contribution >= 0.6 is 24.8 Å². The Morgan fingerprint density at radius 3 is 2.77 bits per heavy atom. The van der Waals surface area contributed by atoms with Gasteiger partial charge in [0, 0.05) is 6.54 Å². The van der Waals surface area contributed by atoms with Crippen LogP contribution in [0.15, 0.2) is 27.2 Å². The van der Waals surface area contributed by atoms with Crippen molar-refractivity contribution in [3.63, 3.8) is 0 Å². The number of hydrogen-bond acceptors (Lipinski definition) is 5. The van der Waals surface area contributed by atoms with E-state index in [4.69, 9.17) is 14.6 Å². The Labute approximate surface area is 141 Å². The molecule has 2 heterocycles. The van der Waals surface area contributed by atoms with Crippen molar-refractivity contribution in [2.75, 3.05) is 13.1 Å². The zero-order valence-corrected chi connectivity index (χ0v) is 14.1. The molecule has 0 spiro atoms. The number of aromatic nitrogens is 1. The number of carbonyl (C=O) groups is 1. The SMILES string of the molecule is Cc1oc(-c2ccco2)nc1CC(=O)NCC(C)CN.Cl.Cl. The number of nitrogens with one attached hydrogen (secondary N) is 1. The van der Waals surface area contributed by atoms with Crippen molar-refractivity contribution in [1.29, 1.82) is 0 Å². The third-order valence-corrected chi connectivity index (χ3v) is 3.00. The van der Waals surface area contributed by atoms with E-state index in [-0.39, 0.29) is 43.1 Å². The number of carbonyl (C=O) groups excluding carboxylic acids is 1. The topological polar surface area (TPSA) is 94.3 Å². The number of nitrogens with two attached hydrogens (primary N) is 1. The quantitative estimate of drug-likeness (QED) is 0.834. The van der Waals surface area contributed by atoms with Gasteiger partial charge in [0.25, 0.3) is 5.89 Å². The molecule has 2 rings (SSSR count). The smallest absolute Gasteiger partial charge is 0.263 e. The molecular formula is C14H21Cl2N3O3. The lowest BCUT2D eigenvalue weighted by Crippen LogP contribution is -2.32. The summed E-state index contributed by atoms with van der Waals surface area (Å²) in [6.45, 7) is 4.88. The van der Waals surface area contributed by atoms with Crippen molar-refractivity contribution >= 4 is 30.7 Å². The van der Waals surface area contributed by atoms with Crippen molar-refractivity contribution < 1.29 is 13.6 Å². The minimum Gasteiger partial charge on any atom is -0.459 e. The predicted octanol–water partition coefficient (Wildman–Crippen LogP) is 2.34. The van der Waals surface area contributed by atoms with Gasteiger partial charge in [-0.1, -0.05) is 6.92 Å². The van der Waals surface area contributed by atoms with E-state index >= 15 is 0 Å². The van der Waals surface area contributed by atoms with E-state index in [9.17, 15) is 4.79 Å². The number of oxazole rings is 1. The maximum Gasteiger partial charge on any atom is 0.263 e. The van der Waals surface area contributed by atoms with E-state index in [1.807, 2.05) is 6.92 Å². The van der Waals surface area contributed by atoms with Crippen LogP contribution in [0.1, 0.15) is 18.4 Å². The Bertz CT molecular complexity index is 570. The second-order valence-corrected chi connectivity index (χ2v) is 4.82. The van der Waals surface area contributed by atoms with Crippen LogP contribution in [-0.2, 0) is 11.2 Å². The average Bonchev–Trinajstić information content (AvgIpc) is 3.06. The normalized spacial score (nSPS) is 11.2. The lowest BCUT2D eigenvalue weighted by Gasteiger charge is -2.09. The summed E-state index contributed by atoms with van der Waals surface area (Å²) in [5.74, 6) is 1.74. The largest absolute Gasteiger partial charge is 0.459 e. The summed E-state index contributed by atoms with van der Waals surface area (Å²) in [5.41, 5.74) is 6.12. The van der Waals surface area contributed by atoms with Crippen LogP contribution in [-0.4, -0.2) is 24.0 Å². The highest BCUT2D eigenvalue weighted by Gasteiger charge is 2.16. The van der Waals surface area contributed by atoms with Gasteiger partial charge < -0.3 is 19.9 Å². The van der Waals surface area contributed by atoms with Crippen LogP contribution < -0.4 is 11.1 Å². The third-order valence-electron chi connectivity index (χ3n) is 3.00. The fourth-order valence-corrected chi connectivity index (χ4v) is 1.68. The number of halogens is 2. The monoisotopic (exact) mass is 349 g/mol. The summed E-state index contributed by atoms with van der Waals surface area (Å²) >= 11 is 0. The highest BCUT2D eigenvalue weighted by Crippen LogP contribution is 2.22. The Kier molecular flexibility index (Phi) is 8.86. The van der Waals surface area contributed by atoms with E-state index in [0.717, 1.165) is 0 Å². The van der Waals surface area contributed by atoms with Crippen molar-refractivity contribution in [3.8, 4) is 11.7 Å². The molecule has 3 N–H and O–H groups in total. The second kappa shape index (κ2) is 9.50. The van der Waals surface area contributed by atoms with Gasteiger partial charge in [-0.05, 0) is 31.5 Å². The van der Waals surface area contributed by atoms with E-state index < -0.39 is 0 Å². The fourth-order valence-electron chi connectivity index (χ4n) is 1.68. The fraction of sp³-hybridized carbons (Fsp3) is 0.429. The van der Waals surface area contributed by atoms with Gasteiger partial charge in [0.15, 0.2) is 5.76 Å². The summed E-state index contributed by atoms with van der Waals surface area (Å²) in [6, 6.07) is 3.52. The molecule has 0 aliphatic rings. The highest BCUT2D eigenvalue weighted by atomic mass is 35.5. The molecule has 22 heavy (non-hydrogen) atoms. The molecule has 6 nitrogen and oxygen atoms in total. The number of nitrogens with zero attached hydrogens (tertiary/aromatic N) is 1. The molecule has 1 amide bonds. The lowest BCUT2D eigenvalue weighted by molar-refractivity contribution is -0.120. The van der Waals surface area contributed by atoms with Crippen LogP contribution in [0.5, 0.6) is 0 Å². The summed E-state index contributed by atoms with van der Waals surface area (Å²) in [6.07, 6.45) is 1.74. The van der Waals surface area contributed by atoms with E-state index in [1.165, 1.54) is 0 Å². The molecule has 1 atom stereocenters. The molecule has 0 saturated heterocycles. The summed E-state index contributed by atoms with van der Waals surface area (Å²) in [4.78, 5) is 16.1. The average molecular weight is 350 g/mol. The molecular weight excluding hydrogens is 329 g/mol. The Balaban J connectivity index is 0.00000220. The molecule has 0 fully saturated rings. The summed E-state index contributed by atoms with van der Waals surface area (Å²) < 4.78 is 10.7. The first-order chi connectivity index (χ1) is 9.60. The molecule has 0 aliphatic carbocycles. The van der Waals surface area contributed by atoms with Gasteiger partial charge in [0.05, 0.1) is 18.4 Å². The number of amides is 1.